The van der Waals surface area contributed by atoms with Crippen molar-refractivity contribution >= 4 is 28.5 Å². The number of nitrogens with one attached hydrogen (secondary N) is 2. The second kappa shape index (κ2) is 10.0. The lowest BCUT2D eigenvalue weighted by Gasteiger charge is -2.09. The number of H-pyrrole nitrogens is 1. The molecule has 0 atom stereocenters. The van der Waals surface area contributed by atoms with Gasteiger partial charge in [0.05, 0.1) is 10.6 Å². The van der Waals surface area contributed by atoms with E-state index in [4.69, 9.17) is 0 Å². The Labute approximate surface area is 183 Å². The number of anilines is 1. The summed E-state index contributed by atoms with van der Waals surface area (Å²) >= 11 is 0. The number of benzene rings is 1. The van der Waals surface area contributed by atoms with Gasteiger partial charge in [-0.15, -0.1) is 0 Å². The largest absolute Gasteiger partial charge is 0.329 e. The van der Waals surface area contributed by atoms with Gasteiger partial charge in [-0.05, 0) is 31.0 Å². The second-order valence-electron chi connectivity index (χ2n) is 7.60. The molecule has 11 nitrogen and oxygen atoms in total. The number of hydrogen-bond acceptors (Lipinski definition) is 7. The van der Waals surface area contributed by atoms with Crippen LogP contribution in [0.2, 0.25) is 0 Å². The molecule has 0 aliphatic carbocycles. The van der Waals surface area contributed by atoms with E-state index in [0.29, 0.717) is 29.3 Å². The molecule has 32 heavy (non-hydrogen) atoms. The fraction of sp³-hybridized carbons (Fsp3) is 0.429. The first-order valence-electron chi connectivity index (χ1n) is 10.6. The molecule has 1 aromatic carbocycles. The van der Waals surface area contributed by atoms with Crippen LogP contribution in [-0.4, -0.2) is 29.7 Å². The highest BCUT2D eigenvalue weighted by molar-refractivity contribution is 5.99. The van der Waals surface area contributed by atoms with Crippen molar-refractivity contribution < 1.29 is 4.92 Å². The summed E-state index contributed by atoms with van der Waals surface area (Å²) in [7, 11) is 1.55. The Morgan fingerprint density at radius 2 is 1.88 bits per heavy atom. The van der Waals surface area contributed by atoms with Gasteiger partial charge in [-0.25, -0.2) is 10.2 Å². The Morgan fingerprint density at radius 1 is 1.19 bits per heavy atom. The first-order valence-corrected chi connectivity index (χ1v) is 10.6. The molecule has 2 heterocycles. The van der Waals surface area contributed by atoms with E-state index < -0.39 is 16.2 Å². The van der Waals surface area contributed by atoms with Crippen LogP contribution in [0.3, 0.4) is 0 Å². The van der Waals surface area contributed by atoms with Gasteiger partial charge in [-0.3, -0.25) is 24.5 Å². The normalized spacial score (nSPS) is 11.8. The number of hydrazone groups is 1. The van der Waals surface area contributed by atoms with Crippen LogP contribution in [-0.2, 0) is 13.6 Å². The number of aromatic amines is 1. The van der Waals surface area contributed by atoms with Crippen LogP contribution in [0, 0.1) is 10.1 Å². The van der Waals surface area contributed by atoms with Gasteiger partial charge in [0, 0.05) is 25.7 Å². The first-order chi connectivity index (χ1) is 15.3. The van der Waals surface area contributed by atoms with Crippen LogP contribution in [0.4, 0.5) is 11.6 Å². The van der Waals surface area contributed by atoms with Crippen molar-refractivity contribution in [1.29, 1.82) is 0 Å². The zero-order valence-electron chi connectivity index (χ0n) is 18.4. The molecule has 0 saturated carbocycles. The SMILES string of the molecule is CCCCCCCn1c(NN=C(C)c2ccc([N+](=O)[O-])cc2)nc2c1c(=O)[nH]c(=O)n2C. The van der Waals surface area contributed by atoms with E-state index in [0.717, 1.165) is 32.1 Å². The molecule has 11 heteroatoms. The third-order valence-electron chi connectivity index (χ3n) is 5.31. The van der Waals surface area contributed by atoms with E-state index in [-0.39, 0.29) is 11.3 Å². The van der Waals surface area contributed by atoms with Crippen molar-refractivity contribution in [2.75, 3.05) is 5.43 Å². The van der Waals surface area contributed by atoms with Crippen LogP contribution >= 0.6 is 0 Å². The summed E-state index contributed by atoms with van der Waals surface area (Å²) < 4.78 is 3.04. The molecule has 0 radical (unpaired) electrons. The molecule has 0 amide bonds. The maximum atomic E-state index is 12.5. The van der Waals surface area contributed by atoms with Crippen molar-refractivity contribution in [3.05, 3.63) is 60.8 Å². The van der Waals surface area contributed by atoms with E-state index >= 15 is 0 Å². The van der Waals surface area contributed by atoms with Crippen molar-refractivity contribution in [3.63, 3.8) is 0 Å². The predicted octanol–water partition coefficient (Wildman–Crippen LogP) is 3.14. The van der Waals surface area contributed by atoms with Crippen molar-refractivity contribution in [2.24, 2.45) is 12.1 Å². The molecule has 2 aromatic heterocycles. The molecule has 3 rings (SSSR count). The van der Waals surface area contributed by atoms with Crippen LogP contribution in [0.25, 0.3) is 11.2 Å². The molecular weight excluding hydrogens is 414 g/mol. The molecule has 2 N–H and O–H groups in total. The molecular formula is C21H27N7O4. The number of aromatic nitrogens is 4. The van der Waals surface area contributed by atoms with Crippen LogP contribution in [0.5, 0.6) is 0 Å². The van der Waals surface area contributed by atoms with Crippen LogP contribution < -0.4 is 16.7 Å². The van der Waals surface area contributed by atoms with Crippen LogP contribution in [0.1, 0.15) is 51.5 Å². The maximum absolute atomic E-state index is 12.5. The molecule has 170 valence electrons. The van der Waals surface area contributed by atoms with Gasteiger partial charge in [0.2, 0.25) is 5.95 Å². The number of nitro benzene ring substituents is 1. The number of nitrogens with zero attached hydrogens (tertiary/aromatic N) is 5. The molecule has 0 unspecified atom stereocenters. The number of nitro groups is 1. The summed E-state index contributed by atoms with van der Waals surface area (Å²) in [4.78, 5) is 41.7. The minimum Gasteiger partial charge on any atom is -0.303 e. The lowest BCUT2D eigenvalue weighted by molar-refractivity contribution is -0.384. The topological polar surface area (TPSA) is 140 Å². The highest BCUT2D eigenvalue weighted by Crippen LogP contribution is 2.18. The average Bonchev–Trinajstić information content (AvgIpc) is 3.15. The number of rotatable bonds is 10. The molecule has 0 aliphatic rings. The highest BCUT2D eigenvalue weighted by Gasteiger charge is 2.17. The van der Waals surface area contributed by atoms with E-state index in [2.05, 4.69) is 27.4 Å². The number of hydrogen-bond donors (Lipinski definition) is 2. The van der Waals surface area contributed by atoms with Crippen LogP contribution in [0.15, 0.2) is 39.0 Å². The lowest BCUT2D eigenvalue weighted by atomic mass is 10.1. The van der Waals surface area contributed by atoms with Crippen molar-refractivity contribution in [2.45, 2.75) is 52.5 Å². The number of unbranched alkanes of at least 4 members (excludes halogenated alkanes) is 4. The number of aryl methyl sites for hydroxylation is 2. The number of imidazole rings is 1. The quantitative estimate of drug-likeness (QED) is 0.214. The Bertz CT molecular complexity index is 1250. The Kier molecular flexibility index (Phi) is 7.18. The Balaban J connectivity index is 1.92. The summed E-state index contributed by atoms with van der Waals surface area (Å²) in [5.74, 6) is 0.350. The minimum absolute atomic E-state index is 0.000447. The third-order valence-corrected chi connectivity index (χ3v) is 5.31. The van der Waals surface area contributed by atoms with Crippen molar-refractivity contribution in [1.82, 2.24) is 19.1 Å². The van der Waals surface area contributed by atoms with E-state index in [9.17, 15) is 19.7 Å². The van der Waals surface area contributed by atoms with Gasteiger partial charge in [0.1, 0.15) is 0 Å². The molecule has 0 aliphatic heterocycles. The van der Waals surface area contributed by atoms with Crippen molar-refractivity contribution in [3.8, 4) is 0 Å². The van der Waals surface area contributed by atoms with E-state index in [1.807, 2.05) is 0 Å². The monoisotopic (exact) mass is 441 g/mol. The Hall–Kier alpha value is -3.76. The fourth-order valence-corrected chi connectivity index (χ4v) is 3.43. The summed E-state index contributed by atoms with van der Waals surface area (Å²) in [5.41, 5.74) is 3.75. The zero-order valence-corrected chi connectivity index (χ0v) is 18.4. The maximum Gasteiger partial charge on any atom is 0.329 e. The molecule has 0 fully saturated rings. The third kappa shape index (κ3) is 4.93. The van der Waals surface area contributed by atoms with Gasteiger partial charge in [0.15, 0.2) is 11.2 Å². The van der Waals surface area contributed by atoms with Gasteiger partial charge < -0.3 is 4.57 Å². The zero-order chi connectivity index (χ0) is 23.3. The average molecular weight is 441 g/mol. The lowest BCUT2D eigenvalue weighted by Crippen LogP contribution is -2.29. The fourth-order valence-electron chi connectivity index (χ4n) is 3.43. The summed E-state index contributed by atoms with van der Waals surface area (Å²) in [6.45, 7) is 4.46. The van der Waals surface area contributed by atoms with Gasteiger partial charge >= 0.3 is 5.69 Å². The summed E-state index contributed by atoms with van der Waals surface area (Å²) in [6.07, 6.45) is 5.27. The first kappa shape index (κ1) is 22.9. The second-order valence-corrected chi connectivity index (χ2v) is 7.60. The summed E-state index contributed by atoms with van der Waals surface area (Å²) in [6, 6.07) is 6.05. The molecule has 3 aromatic rings. The summed E-state index contributed by atoms with van der Waals surface area (Å²) in [5, 5.41) is 15.2. The molecule has 0 spiro atoms. The van der Waals surface area contributed by atoms with E-state index in [1.165, 1.54) is 16.7 Å². The number of fused-ring (bicyclic) bond motifs is 1. The molecule has 0 bridgehead atoms. The smallest absolute Gasteiger partial charge is 0.303 e. The number of non-ortho nitro benzene ring substituents is 1. The van der Waals surface area contributed by atoms with E-state index in [1.54, 1.807) is 30.7 Å². The minimum atomic E-state index is -0.535. The van der Waals surface area contributed by atoms with Gasteiger partial charge in [0.25, 0.3) is 11.2 Å². The standard InChI is InChI=1S/C21H27N7O4/c1-4-5-6-7-8-13-27-17-18(26(3)21(30)23-19(17)29)22-20(27)25-24-14(2)15-9-11-16(12-10-15)28(31)32/h9-12H,4-8,13H2,1-3H3,(H,22,25)(H,23,29,30). The van der Waals surface area contributed by atoms with Gasteiger partial charge in [-0.1, -0.05) is 32.6 Å². The predicted molar refractivity (Wildman–Crippen MR) is 123 cm³/mol. The highest BCUT2D eigenvalue weighted by atomic mass is 16.6. The molecule has 0 saturated heterocycles. The van der Waals surface area contributed by atoms with Gasteiger partial charge in [-0.2, -0.15) is 10.1 Å². The Morgan fingerprint density at radius 3 is 2.53 bits per heavy atom.